The summed E-state index contributed by atoms with van der Waals surface area (Å²) in [6.45, 7) is 2.83. The van der Waals surface area contributed by atoms with Gasteiger partial charge in [0.1, 0.15) is 6.17 Å². The summed E-state index contributed by atoms with van der Waals surface area (Å²) in [6.07, 6.45) is -0.207. The molecule has 2 aromatic rings. The fourth-order valence-corrected chi connectivity index (χ4v) is 2.53. The van der Waals surface area contributed by atoms with Gasteiger partial charge in [-0.2, -0.15) is 0 Å². The van der Waals surface area contributed by atoms with Gasteiger partial charge < -0.3 is 5.84 Å². The lowest BCUT2D eigenvalue weighted by molar-refractivity contribution is 0.545. The summed E-state index contributed by atoms with van der Waals surface area (Å²) < 4.78 is 0. The smallest absolute Gasteiger partial charge is 0.148 e. The Morgan fingerprint density at radius 3 is 2.52 bits per heavy atom. The van der Waals surface area contributed by atoms with Gasteiger partial charge in [-0.25, -0.2) is 0 Å². The van der Waals surface area contributed by atoms with Crippen molar-refractivity contribution in [3.05, 3.63) is 59.7 Å². The Bertz CT molecular complexity index is 595. The van der Waals surface area contributed by atoms with E-state index < -0.39 is 0 Å². The van der Waals surface area contributed by atoms with E-state index >= 15 is 0 Å². The molecule has 0 aliphatic carbocycles. The molecule has 2 aromatic carbocycles. The van der Waals surface area contributed by atoms with Crippen LogP contribution in [0.5, 0.6) is 0 Å². The maximum Gasteiger partial charge on any atom is 0.148 e. The molecule has 0 heterocycles. The Labute approximate surface area is 133 Å². The average Bonchev–Trinajstić information content (AvgIpc) is 2.55. The van der Waals surface area contributed by atoms with Crippen molar-refractivity contribution in [1.29, 1.82) is 0 Å². The molecule has 1 atom stereocenters. The second-order valence-electron chi connectivity index (χ2n) is 4.65. The van der Waals surface area contributed by atoms with Crippen molar-refractivity contribution in [2.75, 3.05) is 6.54 Å². The van der Waals surface area contributed by atoms with Gasteiger partial charge >= 0.3 is 0 Å². The van der Waals surface area contributed by atoms with Gasteiger partial charge in [0.2, 0.25) is 0 Å². The summed E-state index contributed by atoms with van der Waals surface area (Å²) in [5, 5.41) is 11.6. The first-order valence-corrected chi connectivity index (χ1v) is 7.99. The molecule has 0 spiro atoms. The van der Waals surface area contributed by atoms with Crippen molar-refractivity contribution >= 4 is 15.9 Å². The van der Waals surface area contributed by atoms with Crippen LogP contribution in [-0.2, 0) is 5.33 Å². The Balaban J connectivity index is 2.31. The Morgan fingerprint density at radius 2 is 1.90 bits per heavy atom. The standard InChI is InChI=1S/C16H19BrN4/c1-2-19-16(20-21-18)15-5-3-4-14(10-15)13-8-6-12(11-17)7-9-13/h3-10,16,19H,2,11H2,1H3,(H2,18,20). The first-order valence-electron chi connectivity index (χ1n) is 6.87. The first kappa shape index (κ1) is 15.7. The Hall–Kier alpha value is -1.72. The monoisotopic (exact) mass is 346 g/mol. The fraction of sp³-hybridized carbons (Fsp3) is 0.250. The van der Waals surface area contributed by atoms with Crippen LogP contribution in [-0.4, -0.2) is 6.54 Å². The van der Waals surface area contributed by atoms with Gasteiger partial charge in [-0.1, -0.05) is 70.5 Å². The van der Waals surface area contributed by atoms with Crippen molar-refractivity contribution < 1.29 is 0 Å². The number of benzene rings is 2. The number of hydrogen-bond acceptors (Lipinski definition) is 3. The molecule has 0 amide bonds. The summed E-state index contributed by atoms with van der Waals surface area (Å²) >= 11 is 3.46. The molecule has 21 heavy (non-hydrogen) atoms. The van der Waals surface area contributed by atoms with Crippen LogP contribution in [0.25, 0.3) is 11.1 Å². The molecule has 5 heteroatoms. The van der Waals surface area contributed by atoms with Gasteiger partial charge in [0, 0.05) is 5.33 Å². The molecule has 4 nitrogen and oxygen atoms in total. The molecule has 2 rings (SSSR count). The Kier molecular flexibility index (Phi) is 5.90. The van der Waals surface area contributed by atoms with Crippen LogP contribution in [0, 0.1) is 0 Å². The molecule has 0 saturated carbocycles. The van der Waals surface area contributed by atoms with Crippen molar-refractivity contribution in [2.24, 2.45) is 16.2 Å². The summed E-state index contributed by atoms with van der Waals surface area (Å²) in [5.41, 5.74) is 4.65. The number of hydrogen-bond donors (Lipinski definition) is 2. The van der Waals surface area contributed by atoms with Crippen molar-refractivity contribution in [1.82, 2.24) is 5.32 Å². The lowest BCUT2D eigenvalue weighted by atomic mass is 10.0. The zero-order chi connectivity index (χ0) is 15.1. The quantitative estimate of drug-likeness (QED) is 0.356. The van der Waals surface area contributed by atoms with E-state index in [9.17, 15) is 0 Å². The van der Waals surface area contributed by atoms with Crippen LogP contribution < -0.4 is 11.2 Å². The van der Waals surface area contributed by atoms with Gasteiger partial charge in [0.25, 0.3) is 0 Å². The van der Waals surface area contributed by atoms with E-state index in [1.54, 1.807) is 0 Å². The average molecular weight is 347 g/mol. The highest BCUT2D eigenvalue weighted by Crippen LogP contribution is 2.24. The molecule has 0 radical (unpaired) electrons. The van der Waals surface area contributed by atoms with Gasteiger partial charge in [0.05, 0.1) is 0 Å². The maximum absolute atomic E-state index is 5.19. The van der Waals surface area contributed by atoms with E-state index in [4.69, 9.17) is 5.84 Å². The number of rotatable bonds is 6. The molecule has 0 saturated heterocycles. The van der Waals surface area contributed by atoms with Gasteiger partial charge in [-0.05, 0) is 34.9 Å². The minimum Gasteiger partial charge on any atom is -0.305 e. The molecular weight excluding hydrogens is 328 g/mol. The molecule has 0 bridgehead atoms. The predicted molar refractivity (Wildman–Crippen MR) is 90.0 cm³/mol. The van der Waals surface area contributed by atoms with Crippen molar-refractivity contribution in [2.45, 2.75) is 18.4 Å². The van der Waals surface area contributed by atoms with E-state index in [0.717, 1.165) is 23.0 Å². The van der Waals surface area contributed by atoms with E-state index in [1.807, 2.05) is 19.1 Å². The topological polar surface area (TPSA) is 62.8 Å². The van der Waals surface area contributed by atoms with Crippen LogP contribution in [0.2, 0.25) is 0 Å². The summed E-state index contributed by atoms with van der Waals surface area (Å²) in [7, 11) is 0. The highest BCUT2D eigenvalue weighted by molar-refractivity contribution is 9.08. The van der Waals surface area contributed by atoms with E-state index in [2.05, 4.69) is 68.0 Å². The molecule has 0 aromatic heterocycles. The third-order valence-electron chi connectivity index (χ3n) is 3.22. The molecular formula is C16H19BrN4. The zero-order valence-corrected chi connectivity index (χ0v) is 13.5. The van der Waals surface area contributed by atoms with E-state index in [0.29, 0.717) is 0 Å². The third-order valence-corrected chi connectivity index (χ3v) is 3.87. The van der Waals surface area contributed by atoms with Gasteiger partial charge in [-0.3, -0.25) is 5.32 Å². The zero-order valence-electron chi connectivity index (χ0n) is 12.0. The predicted octanol–water partition coefficient (Wildman–Crippen LogP) is 4.18. The number of halogens is 1. The minimum atomic E-state index is -0.207. The first-order chi connectivity index (χ1) is 10.3. The van der Waals surface area contributed by atoms with E-state index in [-0.39, 0.29) is 6.17 Å². The summed E-state index contributed by atoms with van der Waals surface area (Å²) in [4.78, 5) is 0. The number of alkyl halides is 1. The van der Waals surface area contributed by atoms with Crippen LogP contribution in [0.4, 0.5) is 0 Å². The summed E-state index contributed by atoms with van der Waals surface area (Å²) in [5.74, 6) is 5.19. The lowest BCUT2D eigenvalue weighted by Crippen LogP contribution is -2.19. The highest BCUT2D eigenvalue weighted by atomic mass is 79.9. The Morgan fingerprint density at radius 1 is 1.14 bits per heavy atom. The van der Waals surface area contributed by atoms with Crippen molar-refractivity contribution in [3.8, 4) is 11.1 Å². The highest BCUT2D eigenvalue weighted by Gasteiger charge is 2.09. The third kappa shape index (κ3) is 4.12. The fourth-order valence-electron chi connectivity index (χ4n) is 2.16. The normalized spacial score (nSPS) is 12.7. The molecule has 0 aliphatic rings. The van der Waals surface area contributed by atoms with Crippen molar-refractivity contribution in [3.63, 3.8) is 0 Å². The molecule has 1 unspecified atom stereocenters. The minimum absolute atomic E-state index is 0.207. The summed E-state index contributed by atoms with van der Waals surface area (Å²) in [6, 6.07) is 16.8. The van der Waals surface area contributed by atoms with E-state index in [1.165, 1.54) is 11.1 Å². The second kappa shape index (κ2) is 7.90. The molecule has 0 aliphatic heterocycles. The molecule has 0 fully saturated rings. The van der Waals surface area contributed by atoms with Crippen LogP contribution in [0.3, 0.4) is 0 Å². The lowest BCUT2D eigenvalue weighted by Gasteiger charge is -2.13. The van der Waals surface area contributed by atoms with Gasteiger partial charge in [-0.15, -0.1) is 5.11 Å². The maximum atomic E-state index is 5.19. The van der Waals surface area contributed by atoms with Gasteiger partial charge in [0.15, 0.2) is 0 Å². The second-order valence-corrected chi connectivity index (χ2v) is 5.21. The van der Waals surface area contributed by atoms with Crippen LogP contribution in [0.1, 0.15) is 24.2 Å². The molecule has 110 valence electrons. The SMILES string of the molecule is CCNC(/N=N\N)c1cccc(-c2ccc(CBr)cc2)c1. The largest absolute Gasteiger partial charge is 0.305 e. The number of nitrogens with two attached hydrogens (primary N) is 1. The number of nitrogens with zero attached hydrogens (tertiary/aromatic N) is 2. The van der Waals surface area contributed by atoms with Crippen LogP contribution >= 0.6 is 15.9 Å². The molecule has 3 N–H and O–H groups in total. The van der Waals surface area contributed by atoms with Crippen LogP contribution in [0.15, 0.2) is 58.9 Å². The number of nitrogens with one attached hydrogen (secondary N) is 1.